The average Bonchev–Trinajstić information content (AvgIpc) is 3.58. The molecule has 1 aromatic rings. The number of hydrogen-bond donors (Lipinski definition) is 4. The lowest BCUT2D eigenvalue weighted by atomic mass is 10.0. The van der Waals surface area contributed by atoms with Crippen LogP contribution in [0, 0.1) is 17.2 Å². The van der Waals surface area contributed by atoms with Crippen LogP contribution in [0.3, 0.4) is 0 Å². The highest BCUT2D eigenvalue weighted by molar-refractivity contribution is 7.90. The molecule has 5 amide bonds. The normalized spacial score (nSPS) is 27.1. The van der Waals surface area contributed by atoms with E-state index in [0.717, 1.165) is 12.8 Å². The van der Waals surface area contributed by atoms with Crippen LogP contribution in [0.1, 0.15) is 102 Å². The van der Waals surface area contributed by atoms with Gasteiger partial charge in [-0.05, 0) is 84.4 Å². The third-order valence-electron chi connectivity index (χ3n) is 9.30. The van der Waals surface area contributed by atoms with E-state index in [4.69, 9.17) is 4.74 Å². The van der Waals surface area contributed by atoms with E-state index in [0.29, 0.717) is 12.8 Å². The van der Waals surface area contributed by atoms with Gasteiger partial charge < -0.3 is 25.6 Å². The first kappa shape index (κ1) is 38.4. The summed E-state index contributed by atoms with van der Waals surface area (Å²) in [5.74, 6) is -3.09. The van der Waals surface area contributed by atoms with Crippen molar-refractivity contribution in [2.24, 2.45) is 5.92 Å². The summed E-state index contributed by atoms with van der Waals surface area (Å²) in [4.78, 5) is 69.4. The van der Waals surface area contributed by atoms with Gasteiger partial charge in [-0.1, -0.05) is 38.0 Å². The summed E-state index contributed by atoms with van der Waals surface area (Å²) in [6.45, 7) is 8.19. The Morgan fingerprint density at radius 3 is 2.58 bits per heavy atom. The molecular formula is C35H48N6O8S. The fourth-order valence-electron chi connectivity index (χ4n) is 6.21. The molecule has 1 saturated carbocycles. The number of nitriles is 1. The van der Waals surface area contributed by atoms with Crippen LogP contribution in [-0.4, -0.2) is 84.1 Å². The molecule has 1 aromatic carbocycles. The van der Waals surface area contributed by atoms with E-state index in [2.05, 4.69) is 20.7 Å². The number of nitrogens with zero attached hydrogens (tertiary/aromatic N) is 2. The molecule has 0 bridgehead atoms. The largest absolute Gasteiger partial charge is 0.444 e. The van der Waals surface area contributed by atoms with E-state index in [9.17, 15) is 37.7 Å². The van der Waals surface area contributed by atoms with Gasteiger partial charge in [0.25, 0.3) is 11.8 Å². The molecule has 15 heteroatoms. The van der Waals surface area contributed by atoms with Crippen LogP contribution in [0.25, 0.3) is 0 Å². The zero-order valence-electron chi connectivity index (χ0n) is 29.3. The topological polar surface area (TPSA) is 204 Å². The Bertz CT molecular complexity index is 1660. The number of benzene rings is 1. The Balaban J connectivity index is 1.66. The second-order valence-electron chi connectivity index (χ2n) is 14.3. The standard InChI is InChI=1S/C35H48N6O8S/c1-6-22(2)50(47,48)40-32(45)35-19-25(35)15-10-8-7-9-11-16-27(38-33(46)49-34(3,4)5)31(44)41-21-26(18-28(41)30(43)39-35)37-29(42)24-14-12-13-23(17-24)20-36/h10,12-15,17,22,25-28H,6-9,11,16,18-19,21H2,1-5H3,(H,37,42)(H,38,46)(H,39,43)(H,40,45)/b15-10-/t22?,25-,26-,27+,28+,35-/m1/s1. The lowest BCUT2D eigenvalue weighted by molar-refractivity contribution is -0.141. The van der Waals surface area contributed by atoms with Crippen LogP contribution in [0.15, 0.2) is 36.4 Å². The van der Waals surface area contributed by atoms with Crippen molar-refractivity contribution in [3.63, 3.8) is 0 Å². The van der Waals surface area contributed by atoms with Crippen LogP contribution in [-0.2, 0) is 29.1 Å². The van der Waals surface area contributed by atoms with Crippen molar-refractivity contribution >= 4 is 39.7 Å². The number of carbonyl (C=O) groups excluding carboxylic acids is 5. The second kappa shape index (κ2) is 15.6. The summed E-state index contributed by atoms with van der Waals surface area (Å²) in [6, 6.07) is 5.16. The van der Waals surface area contributed by atoms with Gasteiger partial charge in [0.2, 0.25) is 21.8 Å². The van der Waals surface area contributed by atoms with Crippen molar-refractivity contribution in [1.29, 1.82) is 5.26 Å². The minimum Gasteiger partial charge on any atom is -0.444 e. The van der Waals surface area contributed by atoms with Crippen molar-refractivity contribution in [3.8, 4) is 6.07 Å². The summed E-state index contributed by atoms with van der Waals surface area (Å²) in [7, 11) is -4.02. The van der Waals surface area contributed by atoms with Gasteiger partial charge >= 0.3 is 6.09 Å². The predicted molar refractivity (Wildman–Crippen MR) is 184 cm³/mol. The lowest BCUT2D eigenvalue weighted by Crippen LogP contribution is -2.58. The molecule has 0 spiro atoms. The van der Waals surface area contributed by atoms with Gasteiger partial charge in [0, 0.05) is 24.1 Å². The predicted octanol–water partition coefficient (Wildman–Crippen LogP) is 2.79. The Morgan fingerprint density at radius 2 is 1.90 bits per heavy atom. The number of nitrogens with one attached hydrogen (secondary N) is 4. The van der Waals surface area contributed by atoms with Crippen molar-refractivity contribution in [3.05, 3.63) is 47.5 Å². The number of amides is 5. The Hall–Kier alpha value is -4.45. The molecule has 2 aliphatic heterocycles. The third-order valence-corrected chi connectivity index (χ3v) is 11.2. The maximum Gasteiger partial charge on any atom is 0.408 e. The van der Waals surface area contributed by atoms with Gasteiger partial charge in [-0.15, -0.1) is 0 Å². The first-order valence-electron chi connectivity index (χ1n) is 17.2. The van der Waals surface area contributed by atoms with E-state index >= 15 is 0 Å². The van der Waals surface area contributed by atoms with E-state index in [1.807, 2.05) is 18.2 Å². The summed E-state index contributed by atoms with van der Waals surface area (Å²) in [5, 5.41) is 16.8. The molecule has 0 aromatic heterocycles. The monoisotopic (exact) mass is 712 g/mol. The SMILES string of the molecule is CCC(C)S(=O)(=O)NC(=O)[C@@]12C[C@H]1/C=C\CCCCC[C@H](NC(=O)OC(C)(C)C)C(=O)N1C[C@H](NC(=O)c3cccc(C#N)c3)C[C@H]1C(=O)N2. The molecule has 1 aliphatic carbocycles. The molecule has 2 heterocycles. The molecule has 4 N–H and O–H groups in total. The van der Waals surface area contributed by atoms with Gasteiger partial charge in [0.1, 0.15) is 23.2 Å². The highest BCUT2D eigenvalue weighted by Crippen LogP contribution is 2.45. The number of sulfonamides is 1. The number of hydrogen-bond acceptors (Lipinski definition) is 9. The van der Waals surface area contributed by atoms with Gasteiger partial charge in [-0.25, -0.2) is 13.2 Å². The number of fused-ring (bicyclic) bond motifs is 2. The molecule has 14 nitrogen and oxygen atoms in total. The average molecular weight is 713 g/mol. The Kier molecular flexibility index (Phi) is 12.0. The Morgan fingerprint density at radius 1 is 1.16 bits per heavy atom. The van der Waals surface area contributed by atoms with Crippen LogP contribution < -0.4 is 20.7 Å². The number of ether oxygens (including phenoxy) is 1. The molecule has 3 aliphatic rings. The number of carbonyl (C=O) groups is 5. The van der Waals surface area contributed by atoms with E-state index in [1.165, 1.54) is 17.9 Å². The maximum absolute atomic E-state index is 14.3. The van der Waals surface area contributed by atoms with Gasteiger partial charge in [-0.3, -0.25) is 23.9 Å². The molecule has 50 heavy (non-hydrogen) atoms. The minimum absolute atomic E-state index is 0.0240. The summed E-state index contributed by atoms with van der Waals surface area (Å²) >= 11 is 0. The molecule has 4 rings (SSSR count). The molecule has 0 radical (unpaired) electrons. The number of alkyl carbamates (subject to hydrolysis) is 1. The molecular weight excluding hydrogens is 664 g/mol. The first-order chi connectivity index (χ1) is 23.5. The fraction of sp³-hybridized carbons (Fsp3) is 0.600. The smallest absolute Gasteiger partial charge is 0.408 e. The van der Waals surface area contributed by atoms with E-state index in [-0.39, 0.29) is 43.4 Å². The molecule has 1 saturated heterocycles. The zero-order valence-corrected chi connectivity index (χ0v) is 30.1. The van der Waals surface area contributed by atoms with Crippen LogP contribution >= 0.6 is 0 Å². The van der Waals surface area contributed by atoms with Gasteiger partial charge in [-0.2, -0.15) is 5.26 Å². The first-order valence-corrected chi connectivity index (χ1v) is 18.7. The Labute approximate surface area is 293 Å². The van der Waals surface area contributed by atoms with Crippen LogP contribution in [0.2, 0.25) is 0 Å². The van der Waals surface area contributed by atoms with E-state index in [1.54, 1.807) is 45.9 Å². The third kappa shape index (κ3) is 9.41. The fourth-order valence-corrected chi connectivity index (χ4v) is 7.29. The molecule has 2 fully saturated rings. The van der Waals surface area contributed by atoms with Crippen LogP contribution in [0.4, 0.5) is 4.79 Å². The summed E-state index contributed by atoms with van der Waals surface area (Å²) < 4.78 is 33.3. The molecule has 272 valence electrons. The zero-order chi connectivity index (χ0) is 36.9. The summed E-state index contributed by atoms with van der Waals surface area (Å²) in [5.41, 5.74) is -1.88. The minimum atomic E-state index is -4.02. The van der Waals surface area contributed by atoms with Crippen molar-refractivity contribution in [2.75, 3.05) is 6.54 Å². The van der Waals surface area contributed by atoms with Crippen LogP contribution in [0.5, 0.6) is 0 Å². The highest BCUT2D eigenvalue weighted by atomic mass is 32.2. The maximum atomic E-state index is 14.3. The number of allylic oxidation sites excluding steroid dienone is 1. The second-order valence-corrected chi connectivity index (χ2v) is 16.4. The van der Waals surface area contributed by atoms with Crippen molar-refractivity contribution in [1.82, 2.24) is 25.6 Å². The van der Waals surface area contributed by atoms with Gasteiger partial charge in [0.15, 0.2) is 0 Å². The quantitative estimate of drug-likeness (QED) is 0.307. The van der Waals surface area contributed by atoms with Crippen molar-refractivity contribution < 1.29 is 37.1 Å². The number of rotatable bonds is 7. The molecule has 6 atom stereocenters. The van der Waals surface area contributed by atoms with E-state index < -0.39 is 80.2 Å². The summed E-state index contributed by atoms with van der Waals surface area (Å²) in [6.07, 6.45) is 6.36. The van der Waals surface area contributed by atoms with Gasteiger partial charge in [0.05, 0.1) is 16.9 Å². The highest BCUT2D eigenvalue weighted by Gasteiger charge is 2.61. The van der Waals surface area contributed by atoms with Crippen molar-refractivity contribution in [2.45, 2.75) is 121 Å². The molecule has 1 unspecified atom stereocenters. The lowest BCUT2D eigenvalue weighted by Gasteiger charge is -2.30.